The second-order valence-corrected chi connectivity index (χ2v) is 6.72. The van der Waals surface area contributed by atoms with E-state index in [2.05, 4.69) is 15.0 Å². The molecule has 0 aliphatic heterocycles. The summed E-state index contributed by atoms with van der Waals surface area (Å²) in [5.74, 6) is -0.305. The molecule has 2 heterocycles. The molecular weight excluding hydrogens is 415 g/mol. The fraction of sp³-hybridized carbons (Fsp3) is 0.190. The van der Waals surface area contributed by atoms with Crippen LogP contribution in [0.3, 0.4) is 0 Å². The van der Waals surface area contributed by atoms with Crippen molar-refractivity contribution >= 4 is 16.9 Å². The van der Waals surface area contributed by atoms with E-state index in [9.17, 15) is 18.0 Å². The number of ether oxygens (including phenoxy) is 2. The Kier molecular flexibility index (Phi) is 4.92. The molecule has 2 aromatic heterocycles. The van der Waals surface area contributed by atoms with E-state index in [0.29, 0.717) is 44.9 Å². The largest absolute Gasteiger partial charge is 0.573 e. The van der Waals surface area contributed by atoms with Crippen molar-refractivity contribution in [3.05, 3.63) is 59.5 Å². The molecule has 0 atom stereocenters. The molecule has 0 bridgehead atoms. The van der Waals surface area contributed by atoms with Crippen LogP contribution >= 0.6 is 0 Å². The van der Waals surface area contributed by atoms with Gasteiger partial charge in [-0.3, -0.25) is 0 Å². The number of carbonyl (C=O) groups excluding carboxylic acids is 1. The van der Waals surface area contributed by atoms with Crippen molar-refractivity contribution in [2.45, 2.75) is 20.2 Å². The fourth-order valence-corrected chi connectivity index (χ4v) is 3.35. The molecule has 0 spiro atoms. The third-order valence-corrected chi connectivity index (χ3v) is 4.69. The standard InChI is InChI=1S/C21H16F3N3O4/c1-11-18(12(2)31-26-11)19-16-10-13(20(28)29-3)4-9-17(16)27(25-19)14-5-7-15(8-6-14)30-21(22,23)24/h4-10H,1-3H3. The number of hydrogen-bond acceptors (Lipinski definition) is 6. The predicted molar refractivity (Wildman–Crippen MR) is 104 cm³/mol. The van der Waals surface area contributed by atoms with E-state index < -0.39 is 12.3 Å². The summed E-state index contributed by atoms with van der Waals surface area (Å²) in [7, 11) is 1.29. The van der Waals surface area contributed by atoms with Crippen LogP contribution in [-0.2, 0) is 4.74 Å². The fourth-order valence-electron chi connectivity index (χ4n) is 3.35. The highest BCUT2D eigenvalue weighted by atomic mass is 19.4. The van der Waals surface area contributed by atoms with Gasteiger partial charge >= 0.3 is 12.3 Å². The number of rotatable bonds is 4. The second-order valence-electron chi connectivity index (χ2n) is 6.72. The number of aromatic nitrogens is 3. The summed E-state index contributed by atoms with van der Waals surface area (Å²) >= 11 is 0. The van der Waals surface area contributed by atoms with Gasteiger partial charge in [0.2, 0.25) is 0 Å². The molecule has 0 fully saturated rings. The molecule has 0 saturated heterocycles. The summed E-state index contributed by atoms with van der Waals surface area (Å²) in [6, 6.07) is 10.2. The maximum absolute atomic E-state index is 12.4. The molecular formula is C21H16F3N3O4. The second kappa shape index (κ2) is 7.46. The van der Waals surface area contributed by atoms with Crippen molar-refractivity contribution in [2.75, 3.05) is 7.11 Å². The number of esters is 1. The zero-order valence-corrected chi connectivity index (χ0v) is 16.6. The maximum atomic E-state index is 12.4. The first kappa shape index (κ1) is 20.5. The molecule has 0 N–H and O–H groups in total. The summed E-state index contributed by atoms with van der Waals surface area (Å²) in [5, 5.41) is 9.25. The number of alkyl halides is 3. The van der Waals surface area contributed by atoms with Gasteiger partial charge in [0.05, 0.1) is 35.1 Å². The zero-order valence-electron chi connectivity index (χ0n) is 16.6. The topological polar surface area (TPSA) is 79.4 Å². The Labute approximate surface area is 174 Å². The first-order valence-corrected chi connectivity index (χ1v) is 9.08. The van der Waals surface area contributed by atoms with E-state index >= 15 is 0 Å². The lowest BCUT2D eigenvalue weighted by molar-refractivity contribution is -0.274. The third-order valence-electron chi connectivity index (χ3n) is 4.69. The molecule has 160 valence electrons. The molecule has 4 rings (SSSR count). The van der Waals surface area contributed by atoms with E-state index in [1.807, 2.05) is 0 Å². The Morgan fingerprint density at radius 2 is 1.81 bits per heavy atom. The monoisotopic (exact) mass is 431 g/mol. The lowest BCUT2D eigenvalue weighted by Gasteiger charge is -2.09. The minimum absolute atomic E-state index is 0.330. The average Bonchev–Trinajstić information content (AvgIpc) is 3.25. The number of nitrogens with zero attached hydrogens (tertiary/aromatic N) is 3. The number of methoxy groups -OCH3 is 1. The van der Waals surface area contributed by atoms with Crippen LogP contribution in [0.25, 0.3) is 27.8 Å². The highest BCUT2D eigenvalue weighted by Gasteiger charge is 2.31. The van der Waals surface area contributed by atoms with Crippen molar-refractivity contribution in [1.29, 1.82) is 0 Å². The van der Waals surface area contributed by atoms with Crippen LogP contribution in [0.15, 0.2) is 47.0 Å². The van der Waals surface area contributed by atoms with Gasteiger partial charge in [-0.05, 0) is 56.3 Å². The number of fused-ring (bicyclic) bond motifs is 1. The smallest absolute Gasteiger partial charge is 0.465 e. The summed E-state index contributed by atoms with van der Waals surface area (Å²) in [6.45, 7) is 3.51. The zero-order chi connectivity index (χ0) is 22.3. The van der Waals surface area contributed by atoms with Crippen molar-refractivity contribution in [1.82, 2.24) is 14.9 Å². The average molecular weight is 431 g/mol. The first-order chi connectivity index (χ1) is 14.7. The molecule has 31 heavy (non-hydrogen) atoms. The van der Waals surface area contributed by atoms with Gasteiger partial charge in [-0.25, -0.2) is 9.48 Å². The van der Waals surface area contributed by atoms with Crippen LogP contribution in [0.5, 0.6) is 5.75 Å². The molecule has 0 radical (unpaired) electrons. The van der Waals surface area contributed by atoms with E-state index in [1.54, 1.807) is 36.7 Å². The van der Waals surface area contributed by atoms with E-state index in [0.717, 1.165) is 0 Å². The molecule has 4 aromatic rings. The number of benzene rings is 2. The highest BCUT2D eigenvalue weighted by molar-refractivity contribution is 6.00. The Hall–Kier alpha value is -3.82. The van der Waals surface area contributed by atoms with E-state index in [1.165, 1.54) is 31.4 Å². The number of carbonyl (C=O) groups is 1. The minimum atomic E-state index is -4.78. The molecule has 10 heteroatoms. The molecule has 7 nitrogen and oxygen atoms in total. The van der Waals surface area contributed by atoms with Crippen LogP contribution in [0, 0.1) is 13.8 Å². The lowest BCUT2D eigenvalue weighted by Crippen LogP contribution is -2.17. The lowest BCUT2D eigenvalue weighted by atomic mass is 10.0. The van der Waals surface area contributed by atoms with Gasteiger partial charge in [-0.1, -0.05) is 5.16 Å². The Morgan fingerprint density at radius 3 is 2.39 bits per heavy atom. The van der Waals surface area contributed by atoms with Gasteiger partial charge in [-0.15, -0.1) is 13.2 Å². The first-order valence-electron chi connectivity index (χ1n) is 9.08. The minimum Gasteiger partial charge on any atom is -0.465 e. The normalized spacial score (nSPS) is 11.7. The summed E-state index contributed by atoms with van der Waals surface area (Å²) in [5.41, 5.74) is 3.27. The molecule has 0 saturated carbocycles. The third kappa shape index (κ3) is 3.83. The summed E-state index contributed by atoms with van der Waals surface area (Å²) in [6.07, 6.45) is -4.78. The van der Waals surface area contributed by atoms with Gasteiger partial charge in [0.1, 0.15) is 17.2 Å². The van der Waals surface area contributed by atoms with E-state index in [-0.39, 0.29) is 5.75 Å². The van der Waals surface area contributed by atoms with Crippen LogP contribution in [0.2, 0.25) is 0 Å². The van der Waals surface area contributed by atoms with Crippen molar-refractivity contribution in [3.8, 4) is 22.7 Å². The number of aryl methyl sites for hydroxylation is 2. The van der Waals surface area contributed by atoms with Crippen molar-refractivity contribution < 1.29 is 32.0 Å². The Balaban J connectivity index is 1.89. The molecule has 2 aromatic carbocycles. The quantitative estimate of drug-likeness (QED) is 0.424. The van der Waals surface area contributed by atoms with Gasteiger partial charge in [-0.2, -0.15) is 5.10 Å². The number of hydrogen-bond donors (Lipinski definition) is 0. The summed E-state index contributed by atoms with van der Waals surface area (Å²) in [4.78, 5) is 12.0. The van der Waals surface area contributed by atoms with Crippen LogP contribution in [-0.4, -0.2) is 34.4 Å². The van der Waals surface area contributed by atoms with Gasteiger partial charge in [0.25, 0.3) is 0 Å². The van der Waals surface area contributed by atoms with E-state index in [4.69, 9.17) is 9.26 Å². The SMILES string of the molecule is COC(=O)c1ccc2c(c1)c(-c1c(C)noc1C)nn2-c1ccc(OC(F)(F)F)cc1. The maximum Gasteiger partial charge on any atom is 0.573 e. The highest BCUT2D eigenvalue weighted by Crippen LogP contribution is 2.35. The number of halogens is 3. The Morgan fingerprint density at radius 1 is 1.10 bits per heavy atom. The van der Waals surface area contributed by atoms with Crippen LogP contribution < -0.4 is 4.74 Å². The van der Waals surface area contributed by atoms with Gasteiger partial charge in [0.15, 0.2) is 0 Å². The molecule has 0 amide bonds. The summed E-state index contributed by atoms with van der Waals surface area (Å²) < 4.78 is 52.9. The predicted octanol–water partition coefficient (Wildman–Crippen LogP) is 4.98. The van der Waals surface area contributed by atoms with Gasteiger partial charge in [0, 0.05) is 5.39 Å². The molecule has 0 unspecified atom stereocenters. The van der Waals surface area contributed by atoms with Crippen LogP contribution in [0.1, 0.15) is 21.8 Å². The van der Waals surface area contributed by atoms with Crippen molar-refractivity contribution in [2.24, 2.45) is 0 Å². The Bertz CT molecular complexity index is 1250. The van der Waals surface area contributed by atoms with Gasteiger partial charge < -0.3 is 14.0 Å². The molecule has 0 aliphatic carbocycles. The van der Waals surface area contributed by atoms with Crippen LogP contribution in [0.4, 0.5) is 13.2 Å². The molecule has 0 aliphatic rings. The van der Waals surface area contributed by atoms with Crippen molar-refractivity contribution in [3.63, 3.8) is 0 Å².